The highest BCUT2D eigenvalue weighted by Gasteiger charge is 2.42. The van der Waals surface area contributed by atoms with E-state index in [1.807, 2.05) is 0 Å². The molecule has 1 fully saturated rings. The number of carboxylic acid groups (broad SMARTS) is 1. The lowest BCUT2D eigenvalue weighted by atomic mass is 10.1. The lowest BCUT2D eigenvalue weighted by Crippen LogP contribution is -2.55. The van der Waals surface area contributed by atoms with Gasteiger partial charge in [-0.1, -0.05) is 6.07 Å². The molecule has 1 heterocycles. The number of aliphatic carboxylic acids is 1. The van der Waals surface area contributed by atoms with Crippen LogP contribution in [0.5, 0.6) is 5.75 Å². The van der Waals surface area contributed by atoms with Crippen LogP contribution in [0, 0.1) is 0 Å². The number of esters is 2. The zero-order valence-corrected chi connectivity index (χ0v) is 15.5. The normalized spacial score (nSPS) is 17.6. The summed E-state index contributed by atoms with van der Waals surface area (Å²) in [5.74, 6) is -3.18. The molecule has 0 aliphatic carbocycles. The summed E-state index contributed by atoms with van der Waals surface area (Å²) >= 11 is 0. The number of morpholine rings is 1. The maximum Gasteiger partial charge on any atom is 0.348 e. The Kier molecular flexibility index (Phi) is 7.33. The molecule has 1 amide bonds. The van der Waals surface area contributed by atoms with E-state index in [9.17, 15) is 24.3 Å². The van der Waals surface area contributed by atoms with Gasteiger partial charge in [0.1, 0.15) is 5.75 Å². The van der Waals surface area contributed by atoms with Crippen molar-refractivity contribution in [1.82, 2.24) is 0 Å². The molecular formula is C18H21NO9. The molecular weight excluding hydrogens is 374 g/mol. The summed E-state index contributed by atoms with van der Waals surface area (Å²) in [7, 11) is 0. The van der Waals surface area contributed by atoms with E-state index >= 15 is 0 Å². The van der Waals surface area contributed by atoms with Gasteiger partial charge in [-0.2, -0.15) is 0 Å². The maximum absolute atomic E-state index is 12.7. The van der Waals surface area contributed by atoms with Crippen LogP contribution in [0.1, 0.15) is 13.8 Å². The van der Waals surface area contributed by atoms with Crippen molar-refractivity contribution in [3.05, 3.63) is 24.3 Å². The van der Waals surface area contributed by atoms with Crippen molar-refractivity contribution in [2.75, 3.05) is 31.3 Å². The molecule has 1 aromatic rings. The highest BCUT2D eigenvalue weighted by molar-refractivity contribution is 6.00. The summed E-state index contributed by atoms with van der Waals surface area (Å²) in [6.45, 7) is 2.90. The summed E-state index contributed by atoms with van der Waals surface area (Å²) in [6, 6.07) is 6.37. The number of anilines is 1. The van der Waals surface area contributed by atoms with Gasteiger partial charge in [-0.25, -0.2) is 9.59 Å². The number of amides is 1. The molecule has 2 atom stereocenters. The second kappa shape index (κ2) is 9.70. The van der Waals surface area contributed by atoms with Crippen LogP contribution in [0.4, 0.5) is 5.69 Å². The highest BCUT2D eigenvalue weighted by atomic mass is 16.6. The van der Waals surface area contributed by atoms with Crippen LogP contribution >= 0.6 is 0 Å². The number of hydrogen-bond acceptors (Lipinski definition) is 8. The van der Waals surface area contributed by atoms with E-state index in [0.717, 1.165) is 6.92 Å². The minimum atomic E-state index is -1.75. The number of carboxylic acids is 1. The number of carbonyl (C=O) groups excluding carboxylic acids is 3. The smallest absolute Gasteiger partial charge is 0.348 e. The van der Waals surface area contributed by atoms with Crippen molar-refractivity contribution in [3.8, 4) is 5.75 Å². The summed E-state index contributed by atoms with van der Waals surface area (Å²) in [6.07, 6.45) is -3.23. The van der Waals surface area contributed by atoms with Gasteiger partial charge in [-0.05, 0) is 19.1 Å². The lowest BCUT2D eigenvalue weighted by molar-refractivity contribution is -0.177. The third-order valence-electron chi connectivity index (χ3n) is 3.72. The molecule has 1 aromatic carbocycles. The van der Waals surface area contributed by atoms with Gasteiger partial charge in [-0.15, -0.1) is 0 Å². The molecule has 1 aliphatic heterocycles. The van der Waals surface area contributed by atoms with Crippen molar-refractivity contribution in [1.29, 1.82) is 0 Å². The summed E-state index contributed by atoms with van der Waals surface area (Å²) in [4.78, 5) is 48.0. The molecule has 2 rings (SSSR count). The lowest BCUT2D eigenvalue weighted by Gasteiger charge is -2.34. The standard InChI is InChI=1S/C18H21NO9/c1-3-25-14(21)10-27-13-6-4-5-12(9-13)19-7-8-26-15(17(19)22)16(18(23)24)28-11(2)20/h4-6,9,15-16H,3,7-8,10H2,1-2H3,(H,23,24)/t15?,16-/m1/s1. The molecule has 10 heteroatoms. The largest absolute Gasteiger partial charge is 0.482 e. The van der Waals surface area contributed by atoms with E-state index in [1.165, 1.54) is 11.0 Å². The first-order chi connectivity index (χ1) is 13.3. The van der Waals surface area contributed by atoms with Crippen LogP contribution in [-0.2, 0) is 33.4 Å². The summed E-state index contributed by atoms with van der Waals surface area (Å²) in [5.41, 5.74) is 0.423. The van der Waals surface area contributed by atoms with Gasteiger partial charge in [0.25, 0.3) is 5.91 Å². The molecule has 0 saturated carbocycles. The average Bonchev–Trinajstić information content (AvgIpc) is 2.65. The molecule has 1 saturated heterocycles. The van der Waals surface area contributed by atoms with Crippen molar-refractivity contribution in [2.24, 2.45) is 0 Å². The van der Waals surface area contributed by atoms with E-state index in [4.69, 9.17) is 18.9 Å². The zero-order valence-electron chi connectivity index (χ0n) is 15.5. The van der Waals surface area contributed by atoms with Crippen LogP contribution in [0.3, 0.4) is 0 Å². The number of carbonyl (C=O) groups is 4. The van der Waals surface area contributed by atoms with E-state index in [1.54, 1.807) is 25.1 Å². The Hall–Kier alpha value is -3.14. The predicted octanol–water partition coefficient (Wildman–Crippen LogP) is 0.377. The van der Waals surface area contributed by atoms with E-state index in [-0.39, 0.29) is 26.4 Å². The number of ether oxygens (including phenoxy) is 4. The first-order valence-electron chi connectivity index (χ1n) is 8.55. The first kappa shape index (κ1) is 21.2. The quantitative estimate of drug-likeness (QED) is 0.621. The SMILES string of the molecule is CCOC(=O)COc1cccc(N2CCOC([C@@H](OC(C)=O)C(=O)O)C2=O)c1. The van der Waals surface area contributed by atoms with Crippen LogP contribution in [0.15, 0.2) is 24.3 Å². The Bertz CT molecular complexity index is 748. The summed E-state index contributed by atoms with van der Waals surface area (Å²) in [5, 5.41) is 9.27. The van der Waals surface area contributed by atoms with E-state index < -0.39 is 36.0 Å². The monoisotopic (exact) mass is 395 g/mol. The zero-order chi connectivity index (χ0) is 20.7. The van der Waals surface area contributed by atoms with Gasteiger partial charge in [0.15, 0.2) is 12.7 Å². The molecule has 0 radical (unpaired) electrons. The molecule has 28 heavy (non-hydrogen) atoms. The maximum atomic E-state index is 12.7. The minimum absolute atomic E-state index is 0.0510. The Morgan fingerprint density at radius 1 is 1.36 bits per heavy atom. The van der Waals surface area contributed by atoms with Gasteiger partial charge in [0.2, 0.25) is 6.10 Å². The number of hydrogen-bond donors (Lipinski definition) is 1. The van der Waals surface area contributed by atoms with Crippen LogP contribution in [0.2, 0.25) is 0 Å². The highest BCUT2D eigenvalue weighted by Crippen LogP contribution is 2.25. The molecule has 1 unspecified atom stereocenters. The molecule has 10 nitrogen and oxygen atoms in total. The topological polar surface area (TPSA) is 129 Å². The Labute approximate surface area is 160 Å². The fraction of sp³-hybridized carbons (Fsp3) is 0.444. The minimum Gasteiger partial charge on any atom is -0.482 e. The van der Waals surface area contributed by atoms with Crippen LogP contribution in [-0.4, -0.2) is 67.5 Å². The number of benzene rings is 1. The number of nitrogens with zero attached hydrogens (tertiary/aromatic N) is 1. The number of rotatable bonds is 8. The Morgan fingerprint density at radius 2 is 2.11 bits per heavy atom. The Balaban J connectivity index is 2.15. The second-order valence-corrected chi connectivity index (χ2v) is 5.74. The third kappa shape index (κ3) is 5.43. The van der Waals surface area contributed by atoms with Crippen molar-refractivity contribution >= 4 is 29.5 Å². The third-order valence-corrected chi connectivity index (χ3v) is 3.72. The van der Waals surface area contributed by atoms with Crippen LogP contribution < -0.4 is 9.64 Å². The average molecular weight is 395 g/mol. The van der Waals surface area contributed by atoms with Gasteiger partial charge in [-0.3, -0.25) is 9.59 Å². The van der Waals surface area contributed by atoms with Crippen molar-refractivity contribution in [2.45, 2.75) is 26.1 Å². The molecule has 152 valence electrons. The molecule has 0 spiro atoms. The van der Waals surface area contributed by atoms with Gasteiger partial charge >= 0.3 is 17.9 Å². The fourth-order valence-corrected chi connectivity index (χ4v) is 2.59. The second-order valence-electron chi connectivity index (χ2n) is 5.74. The molecule has 0 aromatic heterocycles. The van der Waals surface area contributed by atoms with Crippen LogP contribution in [0.25, 0.3) is 0 Å². The van der Waals surface area contributed by atoms with Crippen molar-refractivity contribution in [3.63, 3.8) is 0 Å². The molecule has 1 N–H and O–H groups in total. The van der Waals surface area contributed by atoms with E-state index in [0.29, 0.717) is 11.4 Å². The fourth-order valence-electron chi connectivity index (χ4n) is 2.59. The van der Waals surface area contributed by atoms with Crippen molar-refractivity contribution < 1.29 is 43.2 Å². The van der Waals surface area contributed by atoms with Gasteiger partial charge < -0.3 is 29.0 Å². The molecule has 1 aliphatic rings. The first-order valence-corrected chi connectivity index (χ1v) is 8.55. The van der Waals surface area contributed by atoms with E-state index in [2.05, 4.69) is 0 Å². The Morgan fingerprint density at radius 3 is 2.75 bits per heavy atom. The summed E-state index contributed by atoms with van der Waals surface area (Å²) < 4.78 is 20.1. The molecule has 0 bridgehead atoms. The predicted molar refractivity (Wildman–Crippen MR) is 93.9 cm³/mol. The van der Waals surface area contributed by atoms with Gasteiger partial charge in [0.05, 0.1) is 13.2 Å². The van der Waals surface area contributed by atoms with Gasteiger partial charge in [0, 0.05) is 25.2 Å².